The largest absolute Gasteiger partial charge is 0.384 e. The maximum absolute atomic E-state index is 12.9. The number of amides is 1. The Hall–Kier alpha value is -2.20. The van der Waals surface area contributed by atoms with Gasteiger partial charge in [0.25, 0.3) is 0 Å². The average molecular weight is 259 g/mol. The van der Waals surface area contributed by atoms with Crippen molar-refractivity contribution in [2.75, 3.05) is 5.32 Å². The Kier molecular flexibility index (Phi) is 3.92. The van der Waals surface area contributed by atoms with Gasteiger partial charge in [0, 0.05) is 18.2 Å². The summed E-state index contributed by atoms with van der Waals surface area (Å²) in [5.41, 5.74) is 1.69. The second kappa shape index (κ2) is 5.63. The molecule has 3 nitrogen and oxygen atoms in total. The monoisotopic (exact) mass is 259 g/mol. The topological polar surface area (TPSA) is 49.3 Å². The summed E-state index contributed by atoms with van der Waals surface area (Å²) >= 11 is 0. The average Bonchev–Trinajstić information content (AvgIpc) is 2.39. The normalized spacial score (nSPS) is 11.9. The van der Waals surface area contributed by atoms with Crippen molar-refractivity contribution in [2.45, 2.75) is 13.0 Å². The first-order chi connectivity index (χ1) is 9.08. The number of nitrogens with one attached hydrogen (secondary N) is 1. The van der Waals surface area contributed by atoms with Crippen molar-refractivity contribution in [1.82, 2.24) is 0 Å². The smallest absolute Gasteiger partial charge is 0.221 e. The van der Waals surface area contributed by atoms with Gasteiger partial charge in [-0.2, -0.15) is 0 Å². The highest BCUT2D eigenvalue weighted by Gasteiger charge is 2.14. The highest BCUT2D eigenvalue weighted by Crippen LogP contribution is 2.28. The Labute approximate surface area is 110 Å². The van der Waals surface area contributed by atoms with Crippen molar-refractivity contribution in [3.05, 3.63) is 65.5 Å². The van der Waals surface area contributed by atoms with Crippen molar-refractivity contribution < 1.29 is 14.3 Å². The van der Waals surface area contributed by atoms with Crippen molar-refractivity contribution in [3.8, 4) is 0 Å². The van der Waals surface area contributed by atoms with Crippen LogP contribution in [0.15, 0.2) is 48.5 Å². The second-order valence-corrected chi connectivity index (χ2v) is 4.22. The predicted molar refractivity (Wildman–Crippen MR) is 71.2 cm³/mol. The Morgan fingerprint density at radius 2 is 1.79 bits per heavy atom. The van der Waals surface area contributed by atoms with Gasteiger partial charge in [0.15, 0.2) is 0 Å². The summed E-state index contributed by atoms with van der Waals surface area (Å²) in [6.45, 7) is 1.40. The van der Waals surface area contributed by atoms with E-state index < -0.39 is 6.10 Å². The molecule has 0 radical (unpaired) electrons. The molecule has 0 spiro atoms. The van der Waals surface area contributed by atoms with Gasteiger partial charge in [-0.15, -0.1) is 0 Å². The Morgan fingerprint density at radius 3 is 2.42 bits per heavy atom. The van der Waals surface area contributed by atoms with Gasteiger partial charge in [0.2, 0.25) is 5.91 Å². The number of para-hydroxylation sites is 1. The lowest BCUT2D eigenvalue weighted by Gasteiger charge is -2.16. The molecule has 0 fully saturated rings. The molecule has 19 heavy (non-hydrogen) atoms. The maximum Gasteiger partial charge on any atom is 0.221 e. The lowest BCUT2D eigenvalue weighted by atomic mass is 10.00. The Bertz CT molecular complexity index is 581. The molecule has 0 saturated heterocycles. The molecule has 1 unspecified atom stereocenters. The number of anilines is 1. The van der Waals surface area contributed by atoms with Crippen LogP contribution in [0.4, 0.5) is 10.1 Å². The van der Waals surface area contributed by atoms with Crippen molar-refractivity contribution >= 4 is 11.6 Å². The summed E-state index contributed by atoms with van der Waals surface area (Å²) in [5.74, 6) is -0.565. The molecule has 1 atom stereocenters. The van der Waals surface area contributed by atoms with Crippen LogP contribution >= 0.6 is 0 Å². The number of hydrogen-bond donors (Lipinski definition) is 2. The fraction of sp³-hybridized carbons (Fsp3) is 0.133. The van der Waals surface area contributed by atoms with E-state index in [1.54, 1.807) is 24.3 Å². The number of hydrogen-bond acceptors (Lipinski definition) is 2. The molecule has 0 saturated carbocycles. The predicted octanol–water partition coefficient (Wildman–Crippen LogP) is 2.87. The van der Waals surface area contributed by atoms with E-state index in [-0.39, 0.29) is 11.7 Å². The van der Waals surface area contributed by atoms with Gasteiger partial charge in [-0.25, -0.2) is 4.39 Å². The number of aliphatic hydroxyl groups excluding tert-OH is 1. The van der Waals surface area contributed by atoms with E-state index in [0.29, 0.717) is 16.8 Å². The van der Waals surface area contributed by atoms with Crippen LogP contribution in [0, 0.1) is 5.82 Å². The lowest BCUT2D eigenvalue weighted by molar-refractivity contribution is -0.114. The zero-order chi connectivity index (χ0) is 13.8. The number of rotatable bonds is 3. The van der Waals surface area contributed by atoms with E-state index >= 15 is 0 Å². The third-order valence-electron chi connectivity index (χ3n) is 2.75. The van der Waals surface area contributed by atoms with Crippen molar-refractivity contribution in [2.24, 2.45) is 0 Å². The molecule has 2 N–H and O–H groups in total. The summed E-state index contributed by atoms with van der Waals surface area (Å²) in [6, 6.07) is 12.6. The number of halogens is 1. The first-order valence-electron chi connectivity index (χ1n) is 5.88. The SMILES string of the molecule is CC(=O)Nc1ccccc1C(O)c1ccc(F)cc1. The zero-order valence-corrected chi connectivity index (χ0v) is 10.4. The van der Waals surface area contributed by atoms with E-state index in [0.717, 1.165) is 0 Å². The Morgan fingerprint density at radius 1 is 1.16 bits per heavy atom. The van der Waals surface area contributed by atoms with Crippen LogP contribution in [0.1, 0.15) is 24.2 Å². The zero-order valence-electron chi connectivity index (χ0n) is 10.4. The quantitative estimate of drug-likeness (QED) is 0.890. The van der Waals surface area contributed by atoms with Crippen LogP contribution in [0.25, 0.3) is 0 Å². The molecular formula is C15H14FNO2. The summed E-state index contributed by atoms with van der Waals surface area (Å²) in [4.78, 5) is 11.1. The number of carbonyl (C=O) groups excluding carboxylic acids is 1. The standard InChI is InChI=1S/C15H14FNO2/c1-10(18)17-14-5-3-2-4-13(14)15(19)11-6-8-12(16)9-7-11/h2-9,15,19H,1H3,(H,17,18). The minimum Gasteiger partial charge on any atom is -0.384 e. The van der Waals surface area contributed by atoms with Crippen molar-refractivity contribution in [1.29, 1.82) is 0 Å². The molecule has 98 valence electrons. The maximum atomic E-state index is 12.9. The van der Waals surface area contributed by atoms with Gasteiger partial charge in [0.1, 0.15) is 11.9 Å². The molecule has 0 aliphatic heterocycles. The third-order valence-corrected chi connectivity index (χ3v) is 2.75. The van der Waals surface area contributed by atoms with Gasteiger partial charge in [0.05, 0.1) is 0 Å². The van der Waals surface area contributed by atoms with E-state index in [9.17, 15) is 14.3 Å². The molecule has 2 rings (SSSR count). The first kappa shape index (κ1) is 13.2. The van der Waals surface area contributed by atoms with Crippen LogP contribution in [0.5, 0.6) is 0 Å². The summed E-state index contributed by atoms with van der Waals surface area (Å²) in [5, 5.41) is 13.0. The van der Waals surface area contributed by atoms with E-state index in [1.165, 1.54) is 31.2 Å². The van der Waals surface area contributed by atoms with Crippen LogP contribution in [0.2, 0.25) is 0 Å². The number of aliphatic hydroxyl groups is 1. The molecule has 0 bridgehead atoms. The van der Waals surface area contributed by atoms with Gasteiger partial charge in [-0.1, -0.05) is 30.3 Å². The van der Waals surface area contributed by atoms with Crippen LogP contribution in [-0.4, -0.2) is 11.0 Å². The van der Waals surface area contributed by atoms with Gasteiger partial charge in [-0.3, -0.25) is 4.79 Å². The van der Waals surface area contributed by atoms with Crippen molar-refractivity contribution in [3.63, 3.8) is 0 Å². The molecule has 2 aromatic carbocycles. The van der Waals surface area contributed by atoms with E-state index in [1.807, 2.05) is 0 Å². The summed E-state index contributed by atoms with van der Waals surface area (Å²) in [7, 11) is 0. The van der Waals surface area contributed by atoms with Gasteiger partial charge < -0.3 is 10.4 Å². The second-order valence-electron chi connectivity index (χ2n) is 4.22. The minimum atomic E-state index is -0.913. The van der Waals surface area contributed by atoms with Crippen LogP contribution in [-0.2, 0) is 4.79 Å². The van der Waals surface area contributed by atoms with Gasteiger partial charge >= 0.3 is 0 Å². The molecule has 4 heteroatoms. The highest BCUT2D eigenvalue weighted by molar-refractivity contribution is 5.89. The molecule has 0 aliphatic rings. The van der Waals surface area contributed by atoms with E-state index in [4.69, 9.17) is 0 Å². The molecule has 1 amide bonds. The Balaban J connectivity index is 2.35. The summed E-state index contributed by atoms with van der Waals surface area (Å²) < 4.78 is 12.9. The first-order valence-corrected chi connectivity index (χ1v) is 5.88. The fourth-order valence-electron chi connectivity index (χ4n) is 1.86. The fourth-order valence-corrected chi connectivity index (χ4v) is 1.86. The minimum absolute atomic E-state index is 0.209. The molecule has 0 aliphatic carbocycles. The lowest BCUT2D eigenvalue weighted by Crippen LogP contribution is -2.10. The van der Waals surface area contributed by atoms with Crippen LogP contribution < -0.4 is 5.32 Å². The highest BCUT2D eigenvalue weighted by atomic mass is 19.1. The number of benzene rings is 2. The third kappa shape index (κ3) is 3.17. The summed E-state index contributed by atoms with van der Waals surface area (Å²) in [6.07, 6.45) is -0.913. The van der Waals surface area contributed by atoms with E-state index in [2.05, 4.69) is 5.32 Å². The van der Waals surface area contributed by atoms with Crippen LogP contribution in [0.3, 0.4) is 0 Å². The number of carbonyl (C=O) groups is 1. The molecular weight excluding hydrogens is 245 g/mol. The molecule has 0 heterocycles. The van der Waals surface area contributed by atoms with Gasteiger partial charge in [-0.05, 0) is 23.8 Å². The molecule has 0 aromatic heterocycles. The molecule has 2 aromatic rings.